The van der Waals surface area contributed by atoms with Gasteiger partial charge in [-0.05, 0) is 23.6 Å². The normalized spacial score (nSPS) is 31.8. The summed E-state index contributed by atoms with van der Waals surface area (Å²) >= 11 is 5.93. The average molecular weight is 315 g/mol. The van der Waals surface area contributed by atoms with Crippen molar-refractivity contribution in [2.45, 2.75) is 30.0 Å². The molecule has 3 aliphatic carbocycles. The third-order valence-corrected chi connectivity index (χ3v) is 4.73. The Morgan fingerprint density at radius 2 is 1.79 bits per heavy atom. The number of halogens is 4. The third-order valence-electron chi connectivity index (χ3n) is 4.50. The van der Waals surface area contributed by atoms with Gasteiger partial charge in [0.2, 0.25) is 0 Å². The Hall–Kier alpha value is 0.801. The zero-order chi connectivity index (χ0) is 13.2. The molecule has 1 aromatic carbocycles. The fraction of sp³-hybridized carbons (Fsp3) is 0.500. The van der Waals surface area contributed by atoms with Gasteiger partial charge in [-0.25, -0.2) is 0 Å². The molecule has 0 amide bonds. The summed E-state index contributed by atoms with van der Waals surface area (Å²) in [5.41, 5.74) is 0.479. The molecule has 0 aromatic heterocycles. The SMILES string of the molecule is COc1ccc(Cl)cc1C12CC([B-](F)(F)F)(C1)C2.[K+]. The van der Waals surface area contributed by atoms with Crippen molar-refractivity contribution in [1.29, 1.82) is 0 Å². The van der Waals surface area contributed by atoms with Crippen molar-refractivity contribution in [3.05, 3.63) is 28.8 Å². The zero-order valence-electron chi connectivity index (χ0n) is 10.9. The molecule has 3 fully saturated rings. The Morgan fingerprint density at radius 3 is 2.26 bits per heavy atom. The number of hydrogen-bond donors (Lipinski definition) is 0. The second kappa shape index (κ2) is 4.92. The van der Waals surface area contributed by atoms with Gasteiger partial charge in [-0.15, -0.1) is 0 Å². The van der Waals surface area contributed by atoms with Crippen molar-refractivity contribution in [3.63, 3.8) is 0 Å². The van der Waals surface area contributed by atoms with Gasteiger partial charge in [0.15, 0.2) is 0 Å². The molecule has 0 unspecified atom stereocenters. The first-order valence-corrected chi connectivity index (χ1v) is 6.23. The van der Waals surface area contributed by atoms with Crippen LogP contribution in [0.1, 0.15) is 24.8 Å². The van der Waals surface area contributed by atoms with Gasteiger partial charge in [0.1, 0.15) is 5.75 Å². The van der Waals surface area contributed by atoms with Gasteiger partial charge in [-0.3, -0.25) is 0 Å². The number of ether oxygens (including phenoxy) is 1. The maximum absolute atomic E-state index is 12.9. The summed E-state index contributed by atoms with van der Waals surface area (Å²) in [6, 6.07) is 5.16. The smallest absolute Gasteiger partial charge is 0.496 e. The molecule has 0 saturated heterocycles. The van der Waals surface area contributed by atoms with Crippen LogP contribution in [0.3, 0.4) is 0 Å². The molecule has 0 spiro atoms. The molecule has 3 aliphatic rings. The van der Waals surface area contributed by atoms with Crippen LogP contribution in [-0.2, 0) is 5.41 Å². The summed E-state index contributed by atoms with van der Waals surface area (Å²) in [7, 11) is 1.53. The van der Waals surface area contributed by atoms with Crippen LogP contribution in [0.2, 0.25) is 10.3 Å². The number of hydrogen-bond acceptors (Lipinski definition) is 1. The minimum atomic E-state index is -4.73. The second-order valence-corrected chi connectivity index (χ2v) is 6.03. The molecule has 0 aliphatic heterocycles. The van der Waals surface area contributed by atoms with E-state index >= 15 is 0 Å². The molecule has 1 aromatic rings. The summed E-state index contributed by atoms with van der Waals surface area (Å²) in [6.07, 6.45) is 0.584. The van der Waals surface area contributed by atoms with E-state index in [1.54, 1.807) is 18.2 Å². The first kappa shape index (κ1) is 16.2. The van der Waals surface area contributed by atoms with E-state index in [0.29, 0.717) is 10.8 Å². The van der Waals surface area contributed by atoms with Crippen molar-refractivity contribution < 1.29 is 69.1 Å². The summed E-state index contributed by atoms with van der Waals surface area (Å²) in [5, 5.41) is -0.838. The third kappa shape index (κ3) is 2.23. The fourth-order valence-corrected chi connectivity index (χ4v) is 3.77. The second-order valence-electron chi connectivity index (χ2n) is 5.59. The van der Waals surface area contributed by atoms with Crippen molar-refractivity contribution in [2.24, 2.45) is 0 Å². The van der Waals surface area contributed by atoms with E-state index in [2.05, 4.69) is 0 Å². The van der Waals surface area contributed by atoms with Crippen molar-refractivity contribution in [2.75, 3.05) is 7.11 Å². The van der Waals surface area contributed by atoms with E-state index in [4.69, 9.17) is 16.3 Å². The Bertz CT molecular complexity index is 500. The number of methoxy groups -OCH3 is 1. The van der Waals surface area contributed by atoms with Gasteiger partial charge < -0.3 is 17.7 Å². The van der Waals surface area contributed by atoms with Crippen LogP contribution in [0.25, 0.3) is 0 Å². The minimum Gasteiger partial charge on any atom is -0.496 e. The molecule has 4 rings (SSSR count). The van der Waals surface area contributed by atoms with Gasteiger partial charge in [0.05, 0.1) is 7.11 Å². The van der Waals surface area contributed by atoms with Crippen molar-refractivity contribution in [3.8, 4) is 5.75 Å². The van der Waals surface area contributed by atoms with E-state index in [-0.39, 0.29) is 76.1 Å². The van der Waals surface area contributed by atoms with Gasteiger partial charge in [0, 0.05) is 10.6 Å². The standard InChI is InChI=1S/C12H12BClF3O.K/c1-18-10-3-2-8(14)4-9(10)11-5-12(6-11,7-11)13(15,16)17;/h2-4H,5-7H2,1H3;/q-1;+1. The van der Waals surface area contributed by atoms with Crippen LogP contribution in [0.4, 0.5) is 12.9 Å². The van der Waals surface area contributed by atoms with Gasteiger partial charge >= 0.3 is 58.4 Å². The maximum atomic E-state index is 12.9. The van der Waals surface area contributed by atoms with Gasteiger partial charge in [-0.1, -0.05) is 36.2 Å². The first-order chi connectivity index (χ1) is 8.32. The van der Waals surface area contributed by atoms with Crippen LogP contribution in [0.5, 0.6) is 5.75 Å². The molecule has 0 radical (unpaired) electrons. The quantitative estimate of drug-likeness (QED) is 0.766. The van der Waals surface area contributed by atoms with E-state index in [9.17, 15) is 12.9 Å². The van der Waals surface area contributed by atoms with Crippen molar-refractivity contribution >= 4 is 18.6 Å². The molecule has 1 nitrogen and oxygen atoms in total. The van der Waals surface area contributed by atoms with Gasteiger partial charge in [-0.2, -0.15) is 0 Å². The Balaban J connectivity index is 0.00000133. The molecule has 0 N–H and O–H groups in total. The molecule has 7 heteroatoms. The average Bonchev–Trinajstić information content (AvgIpc) is 2.11. The zero-order valence-corrected chi connectivity index (χ0v) is 14.7. The number of rotatable bonds is 3. The Kier molecular flexibility index (Phi) is 4.19. The van der Waals surface area contributed by atoms with E-state index < -0.39 is 12.3 Å². The number of benzene rings is 1. The Morgan fingerprint density at radius 1 is 1.21 bits per heavy atom. The topological polar surface area (TPSA) is 9.23 Å². The summed E-state index contributed by atoms with van der Waals surface area (Å²) in [4.78, 5) is 0. The minimum absolute atomic E-state index is 0. The van der Waals surface area contributed by atoms with Crippen LogP contribution in [0, 0.1) is 0 Å². The molecular formula is C12H12BClF3KO. The summed E-state index contributed by atoms with van der Waals surface area (Å²) < 4.78 is 43.9. The van der Waals surface area contributed by atoms with Crippen LogP contribution < -0.4 is 56.1 Å². The largest absolute Gasteiger partial charge is 1.00 e. The van der Waals surface area contributed by atoms with E-state index in [0.717, 1.165) is 5.56 Å². The summed E-state index contributed by atoms with van der Waals surface area (Å²) in [5.74, 6) is 0.641. The predicted molar refractivity (Wildman–Crippen MR) is 65.3 cm³/mol. The van der Waals surface area contributed by atoms with E-state index in [1.165, 1.54) is 7.11 Å². The fourth-order valence-electron chi connectivity index (χ4n) is 3.59. The molecule has 2 bridgehead atoms. The molecule has 0 heterocycles. The van der Waals surface area contributed by atoms with Gasteiger partial charge in [0.25, 0.3) is 0 Å². The van der Waals surface area contributed by atoms with Crippen LogP contribution in [0.15, 0.2) is 18.2 Å². The van der Waals surface area contributed by atoms with Crippen LogP contribution in [-0.4, -0.2) is 14.1 Å². The molecule has 19 heavy (non-hydrogen) atoms. The molecule has 0 atom stereocenters. The molecule has 98 valence electrons. The predicted octanol–water partition coefficient (Wildman–Crippen LogP) is 1.38. The van der Waals surface area contributed by atoms with Crippen molar-refractivity contribution in [1.82, 2.24) is 0 Å². The van der Waals surface area contributed by atoms with Crippen LogP contribution >= 0.6 is 11.6 Å². The first-order valence-electron chi connectivity index (χ1n) is 5.85. The monoisotopic (exact) mass is 314 g/mol. The summed E-state index contributed by atoms with van der Waals surface area (Å²) in [6.45, 7) is -4.73. The van der Waals surface area contributed by atoms with E-state index in [1.807, 2.05) is 0 Å². The maximum Gasteiger partial charge on any atom is 1.00 e. The molecule has 3 saturated carbocycles. The molecular weight excluding hydrogens is 302 g/mol. The Labute approximate surface area is 157 Å².